The van der Waals surface area contributed by atoms with Crippen molar-refractivity contribution in [3.8, 4) is 6.26 Å². The number of carbonyl (C=O) groups is 2. The normalized spacial score (nSPS) is 12.5. The second-order valence-electron chi connectivity index (χ2n) is 18.7. The van der Waals surface area contributed by atoms with Gasteiger partial charge in [-0.3, -0.25) is 23.3 Å². The summed E-state index contributed by atoms with van der Waals surface area (Å²) in [5, 5.41) is 8.55. The van der Waals surface area contributed by atoms with Gasteiger partial charge >= 0.3 is 15.2 Å². The van der Waals surface area contributed by atoms with Crippen LogP contribution in [0.5, 0.6) is 0 Å². The molecule has 0 bridgehead atoms. The lowest BCUT2D eigenvalue weighted by atomic mass is 9.79. The van der Waals surface area contributed by atoms with Crippen LogP contribution in [0.1, 0.15) is 142 Å². The highest BCUT2D eigenvalue weighted by Crippen LogP contribution is 2.49. The lowest BCUT2D eigenvalue weighted by Gasteiger charge is -2.25. The van der Waals surface area contributed by atoms with Crippen LogP contribution in [0.4, 0.5) is 0 Å². The maximum absolute atomic E-state index is 12.5. The van der Waals surface area contributed by atoms with Crippen molar-refractivity contribution in [3.63, 3.8) is 0 Å². The predicted octanol–water partition coefficient (Wildman–Crippen LogP) is 13.4. The molecule has 3 rings (SSSR count). The van der Waals surface area contributed by atoms with E-state index in [-0.39, 0.29) is 60.3 Å². The van der Waals surface area contributed by atoms with Crippen molar-refractivity contribution < 1.29 is 51.4 Å². The Morgan fingerprint density at radius 3 is 1.29 bits per heavy atom. The Labute approximate surface area is 414 Å². The SMILES string of the molecule is C=C(C)c1cccc(C(C)(C)CC(=O)CCP(=O)(O)O)c1.C=C(C)c1cccc(C(C)(C)CC(=O)CCP(=O)(OCC)OCC)c1.C=C(C)c1cccc(C(C)(C)OC#N)c1.CCOP(C)(=O)CN. The Balaban J connectivity index is 0.000000951. The number of rotatable bonds is 24. The van der Waals surface area contributed by atoms with Gasteiger partial charge in [-0.15, -0.1) is 0 Å². The fraction of sp³-hybridized carbons (Fsp3) is 0.491. The first-order valence-corrected chi connectivity index (χ1v) is 28.8. The van der Waals surface area contributed by atoms with E-state index in [9.17, 15) is 23.3 Å². The number of Topliss-reactive ketones (excluding diaryl/α,β-unsaturated/α-hetero) is 2. The van der Waals surface area contributed by atoms with Crippen LogP contribution in [0.25, 0.3) is 16.7 Å². The van der Waals surface area contributed by atoms with E-state index < -0.39 is 28.2 Å². The number of hydrogen-bond acceptors (Lipinski definition) is 11. The molecule has 3 aromatic carbocycles. The van der Waals surface area contributed by atoms with E-state index >= 15 is 0 Å². The third kappa shape index (κ3) is 26.1. The molecule has 0 heterocycles. The van der Waals surface area contributed by atoms with Gasteiger partial charge in [0.1, 0.15) is 17.2 Å². The van der Waals surface area contributed by atoms with Gasteiger partial charge in [0.2, 0.25) is 7.37 Å². The van der Waals surface area contributed by atoms with E-state index in [1.165, 1.54) is 6.66 Å². The van der Waals surface area contributed by atoms with Crippen LogP contribution in [0.15, 0.2) is 92.5 Å². The van der Waals surface area contributed by atoms with Crippen LogP contribution in [0, 0.1) is 11.5 Å². The van der Waals surface area contributed by atoms with Crippen molar-refractivity contribution in [2.24, 2.45) is 5.73 Å². The minimum Gasteiger partial charge on any atom is -0.417 e. The molecule has 16 heteroatoms. The molecule has 69 heavy (non-hydrogen) atoms. The molecular weight excluding hydrogens is 934 g/mol. The van der Waals surface area contributed by atoms with Crippen molar-refractivity contribution in [2.45, 2.75) is 125 Å². The standard InChI is InChI=1S/C20H31O4P.C16H23O4P.C13H15NO.C4H12NO2P/c1-7-23-25(22,24-8-2)13-12-19(21)15-20(5,6)18-11-9-10-17(14-18)16(3)4;1-12(2)13-6-5-7-14(10-13)16(3,4)11-15(17)8-9-21(18,19)20;1-10(2)11-6-5-7-12(8-11)13(3,4)15-9-14;1-3-7-8(2,6)4-5/h9-11,14H,3,7-8,12-13,15H2,1-2,4-6H3;5-7,10H,1,8-9,11H2,2-4H3,(H2,18,19,20);5-8H,1H2,2-4H3;3-5H2,1-2H3. The Morgan fingerprint density at radius 2 is 0.986 bits per heavy atom. The Morgan fingerprint density at radius 1 is 0.638 bits per heavy atom. The molecular formula is C53H81N2O11P3. The van der Waals surface area contributed by atoms with E-state index in [1.807, 2.05) is 129 Å². The first-order valence-electron chi connectivity index (χ1n) is 23.0. The zero-order chi connectivity index (χ0) is 53.4. The molecule has 0 aromatic heterocycles. The molecule has 0 aliphatic rings. The summed E-state index contributed by atoms with van der Waals surface area (Å²) in [6.07, 6.45) is 2.37. The summed E-state index contributed by atoms with van der Waals surface area (Å²) in [6.45, 7) is 37.4. The number of hydrogen-bond donors (Lipinski definition) is 3. The molecule has 0 radical (unpaired) electrons. The van der Waals surface area contributed by atoms with Crippen LogP contribution in [-0.4, -0.2) is 66.4 Å². The number of nitrogens with two attached hydrogens (primary N) is 1. The highest BCUT2D eigenvalue weighted by atomic mass is 31.2. The van der Waals surface area contributed by atoms with Crippen LogP contribution >= 0.6 is 22.6 Å². The van der Waals surface area contributed by atoms with Crippen LogP contribution in [0.3, 0.4) is 0 Å². The average Bonchev–Trinajstić information content (AvgIpc) is 3.25. The maximum atomic E-state index is 12.5. The number of nitrogens with zero attached hydrogens (tertiary/aromatic N) is 1. The van der Waals surface area contributed by atoms with Crippen LogP contribution in [-0.2, 0) is 58.0 Å². The summed E-state index contributed by atoms with van der Waals surface area (Å²) >= 11 is 0. The smallest absolute Gasteiger partial charge is 0.331 e. The summed E-state index contributed by atoms with van der Waals surface area (Å²) in [7, 11) is -9.67. The van der Waals surface area contributed by atoms with Crippen molar-refractivity contribution in [2.75, 3.05) is 45.1 Å². The fourth-order valence-electron chi connectivity index (χ4n) is 6.53. The topological polar surface area (TPSA) is 213 Å². The van der Waals surface area contributed by atoms with Crippen LogP contribution in [0.2, 0.25) is 0 Å². The number of ketones is 2. The zero-order valence-electron chi connectivity index (χ0n) is 43.6. The van der Waals surface area contributed by atoms with Crippen molar-refractivity contribution in [3.05, 3.63) is 126 Å². The molecule has 0 saturated carbocycles. The van der Waals surface area contributed by atoms with Gasteiger partial charge in [0.05, 0.1) is 38.4 Å². The molecule has 13 nitrogen and oxygen atoms in total. The van der Waals surface area contributed by atoms with Gasteiger partial charge in [-0.05, 0) is 106 Å². The van der Waals surface area contributed by atoms with Crippen molar-refractivity contribution >= 4 is 50.8 Å². The Kier molecular flexibility index (Phi) is 28.2. The molecule has 0 aliphatic carbocycles. The summed E-state index contributed by atoms with van der Waals surface area (Å²) in [6, 6.07) is 23.9. The number of allylic oxidation sites excluding steroid dienone is 3. The predicted molar refractivity (Wildman–Crippen MR) is 285 cm³/mol. The molecule has 384 valence electrons. The highest BCUT2D eigenvalue weighted by Gasteiger charge is 2.29. The van der Waals surface area contributed by atoms with Gasteiger partial charge in [0.15, 0.2) is 0 Å². The lowest BCUT2D eigenvalue weighted by Crippen LogP contribution is -2.22. The molecule has 3 aromatic rings. The second-order valence-corrected chi connectivity index (χ2v) is 25.3. The molecule has 0 saturated heterocycles. The summed E-state index contributed by atoms with van der Waals surface area (Å²) in [5.41, 5.74) is 13.1. The minimum absolute atomic E-state index is 0.0605. The number of carbonyl (C=O) groups excluding carboxylic acids is 2. The first-order chi connectivity index (χ1) is 31.7. The van der Waals surface area contributed by atoms with Crippen molar-refractivity contribution in [1.82, 2.24) is 0 Å². The summed E-state index contributed by atoms with van der Waals surface area (Å²) < 4.78 is 54.5. The van der Waals surface area contributed by atoms with Gasteiger partial charge in [-0.2, -0.15) is 5.26 Å². The fourth-order valence-corrected chi connectivity index (χ4v) is 9.36. The lowest BCUT2D eigenvalue weighted by molar-refractivity contribution is -0.120. The van der Waals surface area contributed by atoms with Gasteiger partial charge < -0.3 is 33.8 Å². The van der Waals surface area contributed by atoms with E-state index in [4.69, 9.17) is 39.1 Å². The third-order valence-electron chi connectivity index (χ3n) is 10.6. The van der Waals surface area contributed by atoms with E-state index in [2.05, 4.69) is 25.8 Å². The van der Waals surface area contributed by atoms with Crippen molar-refractivity contribution in [1.29, 1.82) is 5.26 Å². The molecule has 0 fully saturated rings. The molecule has 1 atom stereocenters. The van der Waals surface area contributed by atoms with Gasteiger partial charge in [0, 0.05) is 32.3 Å². The highest BCUT2D eigenvalue weighted by molar-refractivity contribution is 7.58. The number of ether oxygens (including phenoxy) is 1. The quantitative estimate of drug-likeness (QED) is 0.0563. The molecule has 0 amide bonds. The van der Waals surface area contributed by atoms with Gasteiger partial charge in [-0.25, -0.2) is 0 Å². The number of benzene rings is 3. The first kappa shape index (κ1) is 65.0. The monoisotopic (exact) mass is 1010 g/mol. The Bertz CT molecular complexity index is 2350. The van der Waals surface area contributed by atoms with E-state index in [0.29, 0.717) is 26.2 Å². The molecule has 0 spiro atoms. The largest absolute Gasteiger partial charge is 0.417 e. The third-order valence-corrected chi connectivity index (χ3v) is 15.0. The van der Waals surface area contributed by atoms with E-state index in [0.717, 1.165) is 50.1 Å². The molecule has 1 unspecified atom stereocenters. The zero-order valence-corrected chi connectivity index (χ0v) is 46.2. The van der Waals surface area contributed by atoms with Gasteiger partial charge in [-0.1, -0.05) is 131 Å². The second kappa shape index (κ2) is 30.0. The number of nitriles is 1. The minimum atomic E-state index is -4.11. The van der Waals surface area contributed by atoms with Gasteiger partial charge in [0.25, 0.3) is 6.26 Å². The Hall–Kier alpha value is -4.04. The van der Waals surface area contributed by atoms with E-state index in [1.54, 1.807) is 27.0 Å². The molecule has 0 aliphatic heterocycles. The average molecular weight is 1020 g/mol. The van der Waals surface area contributed by atoms with Crippen LogP contribution < -0.4 is 5.73 Å². The summed E-state index contributed by atoms with van der Waals surface area (Å²) in [5.74, 6) is -0.0746. The summed E-state index contributed by atoms with van der Waals surface area (Å²) in [4.78, 5) is 42.0. The maximum Gasteiger partial charge on any atom is 0.331 e. The molecule has 4 N–H and O–H groups in total.